The first kappa shape index (κ1) is 21.1. The summed E-state index contributed by atoms with van der Waals surface area (Å²) in [6.45, 7) is 4.84. The number of nitrogens with one attached hydrogen (secondary N) is 2. The number of nitrogens with two attached hydrogens (primary N) is 1. The summed E-state index contributed by atoms with van der Waals surface area (Å²) in [5.74, 6) is -0.577. The number of hydrogen-bond donors (Lipinski definition) is 3. The summed E-state index contributed by atoms with van der Waals surface area (Å²) in [5, 5.41) is 4.73. The van der Waals surface area contributed by atoms with Crippen LogP contribution in [0.4, 0.5) is 35.0 Å². The van der Waals surface area contributed by atoms with Crippen LogP contribution in [-0.4, -0.2) is 17.6 Å². The van der Waals surface area contributed by atoms with Crippen molar-refractivity contribution in [3.8, 4) is 0 Å². The first-order chi connectivity index (χ1) is 12.8. The molecule has 0 unspecified atom stereocenters. The third-order valence-corrected chi connectivity index (χ3v) is 3.40. The number of rotatable bonds is 3. The fourth-order valence-corrected chi connectivity index (χ4v) is 2.18. The molecule has 0 saturated carbocycles. The summed E-state index contributed by atoms with van der Waals surface area (Å²) in [5.41, 5.74) is 4.18. The molecule has 2 amide bonds. The number of carbonyl (C=O) groups is 2. The molecule has 2 aromatic carbocycles. The Morgan fingerprint density at radius 1 is 0.929 bits per heavy atom. The Morgan fingerprint density at radius 2 is 1.54 bits per heavy atom. The quantitative estimate of drug-likeness (QED) is 0.645. The smallest absolute Gasteiger partial charge is 0.416 e. The molecule has 2 rings (SSSR count). The molecule has 0 atom stereocenters. The molecule has 4 N–H and O–H groups in total. The topological polar surface area (TPSA) is 93.5 Å². The largest absolute Gasteiger partial charge is 0.444 e. The minimum absolute atomic E-state index is 0.0133. The van der Waals surface area contributed by atoms with E-state index in [1.54, 1.807) is 20.8 Å². The van der Waals surface area contributed by atoms with E-state index in [0.29, 0.717) is 5.69 Å². The van der Waals surface area contributed by atoms with Gasteiger partial charge in [-0.3, -0.25) is 10.1 Å². The summed E-state index contributed by atoms with van der Waals surface area (Å²) in [6.07, 6.45) is -5.57. The van der Waals surface area contributed by atoms with E-state index in [0.717, 1.165) is 18.2 Å². The predicted octanol–water partition coefficient (Wildman–Crippen LogP) is 4.89. The summed E-state index contributed by atoms with van der Waals surface area (Å²) in [4.78, 5) is 24.3. The van der Waals surface area contributed by atoms with Gasteiger partial charge in [0.15, 0.2) is 0 Å². The van der Waals surface area contributed by atoms with Crippen LogP contribution in [0.5, 0.6) is 0 Å². The monoisotopic (exact) mass is 395 g/mol. The van der Waals surface area contributed by atoms with E-state index in [9.17, 15) is 22.8 Å². The average molecular weight is 395 g/mol. The second-order valence-corrected chi connectivity index (χ2v) is 6.96. The van der Waals surface area contributed by atoms with Crippen molar-refractivity contribution in [1.29, 1.82) is 0 Å². The third-order valence-electron chi connectivity index (χ3n) is 3.40. The van der Waals surface area contributed by atoms with E-state index in [-0.39, 0.29) is 16.9 Å². The maximum atomic E-state index is 13.0. The maximum Gasteiger partial charge on any atom is 0.416 e. The zero-order valence-corrected chi connectivity index (χ0v) is 15.5. The molecule has 0 aliphatic carbocycles. The van der Waals surface area contributed by atoms with Crippen molar-refractivity contribution in [3.63, 3.8) is 0 Å². The van der Waals surface area contributed by atoms with Crippen molar-refractivity contribution in [2.75, 3.05) is 16.4 Å². The van der Waals surface area contributed by atoms with Gasteiger partial charge in [0.05, 0.1) is 16.9 Å². The van der Waals surface area contributed by atoms with Gasteiger partial charge in [-0.15, -0.1) is 0 Å². The van der Waals surface area contributed by atoms with Crippen molar-refractivity contribution in [3.05, 3.63) is 53.6 Å². The highest BCUT2D eigenvalue weighted by atomic mass is 19.4. The lowest BCUT2D eigenvalue weighted by Crippen LogP contribution is -2.27. The molecule has 150 valence electrons. The van der Waals surface area contributed by atoms with Gasteiger partial charge < -0.3 is 15.8 Å². The summed E-state index contributed by atoms with van der Waals surface area (Å²) in [7, 11) is 0. The van der Waals surface area contributed by atoms with Crippen molar-refractivity contribution in [2.24, 2.45) is 0 Å². The minimum Gasteiger partial charge on any atom is -0.444 e. The SMILES string of the molecule is CC(C)(C)OC(=O)Nc1cc(C(F)(F)F)ccc1NC(=O)c1ccc(N)cc1. The molecule has 2 aromatic rings. The third kappa shape index (κ3) is 5.90. The Labute approximate surface area is 159 Å². The van der Waals surface area contributed by atoms with Crippen LogP contribution in [0, 0.1) is 0 Å². The first-order valence-electron chi connectivity index (χ1n) is 8.23. The van der Waals surface area contributed by atoms with Gasteiger partial charge >= 0.3 is 12.3 Å². The molecule has 28 heavy (non-hydrogen) atoms. The van der Waals surface area contributed by atoms with Gasteiger partial charge in [0, 0.05) is 11.3 Å². The van der Waals surface area contributed by atoms with Crippen LogP contribution in [0.3, 0.4) is 0 Å². The summed E-state index contributed by atoms with van der Waals surface area (Å²) < 4.78 is 44.2. The molecule has 0 aliphatic heterocycles. The Hall–Kier alpha value is -3.23. The number of ether oxygens (including phenoxy) is 1. The van der Waals surface area contributed by atoms with E-state index in [4.69, 9.17) is 10.5 Å². The Bertz CT molecular complexity index is 873. The fourth-order valence-electron chi connectivity index (χ4n) is 2.18. The Kier molecular flexibility index (Phi) is 5.86. The average Bonchev–Trinajstić information content (AvgIpc) is 2.54. The van der Waals surface area contributed by atoms with Crippen molar-refractivity contribution in [2.45, 2.75) is 32.5 Å². The van der Waals surface area contributed by atoms with E-state index < -0.39 is 29.3 Å². The minimum atomic E-state index is -4.62. The highest BCUT2D eigenvalue weighted by Gasteiger charge is 2.31. The van der Waals surface area contributed by atoms with E-state index in [1.807, 2.05) is 0 Å². The van der Waals surface area contributed by atoms with Crippen LogP contribution in [0.25, 0.3) is 0 Å². The van der Waals surface area contributed by atoms with Crippen LogP contribution < -0.4 is 16.4 Å². The predicted molar refractivity (Wildman–Crippen MR) is 100 cm³/mol. The first-order valence-corrected chi connectivity index (χ1v) is 8.23. The van der Waals surface area contributed by atoms with Crippen LogP contribution in [-0.2, 0) is 10.9 Å². The van der Waals surface area contributed by atoms with Crippen molar-refractivity contribution in [1.82, 2.24) is 0 Å². The maximum absolute atomic E-state index is 13.0. The molecular weight excluding hydrogens is 375 g/mol. The number of hydrogen-bond acceptors (Lipinski definition) is 4. The summed E-state index contributed by atoms with van der Waals surface area (Å²) in [6, 6.07) is 8.56. The number of anilines is 3. The van der Waals surface area contributed by atoms with Crippen LogP contribution in [0.15, 0.2) is 42.5 Å². The van der Waals surface area contributed by atoms with E-state index in [2.05, 4.69) is 10.6 Å². The molecule has 6 nitrogen and oxygen atoms in total. The zero-order valence-electron chi connectivity index (χ0n) is 15.5. The number of benzene rings is 2. The van der Waals surface area contributed by atoms with Gasteiger partial charge in [0.25, 0.3) is 5.91 Å². The molecule has 0 aromatic heterocycles. The molecule has 0 saturated heterocycles. The van der Waals surface area contributed by atoms with Gasteiger partial charge in [-0.1, -0.05) is 0 Å². The number of nitrogen functional groups attached to an aromatic ring is 1. The van der Waals surface area contributed by atoms with Crippen LogP contribution in [0.2, 0.25) is 0 Å². The zero-order chi connectivity index (χ0) is 21.1. The summed E-state index contributed by atoms with van der Waals surface area (Å²) >= 11 is 0. The van der Waals surface area contributed by atoms with E-state index >= 15 is 0 Å². The lowest BCUT2D eigenvalue weighted by molar-refractivity contribution is -0.137. The molecule has 0 spiro atoms. The van der Waals surface area contributed by atoms with Crippen molar-refractivity contribution >= 4 is 29.1 Å². The molecule has 9 heteroatoms. The highest BCUT2D eigenvalue weighted by Crippen LogP contribution is 2.34. The second-order valence-electron chi connectivity index (χ2n) is 6.96. The van der Waals surface area contributed by atoms with Gasteiger partial charge in [-0.2, -0.15) is 13.2 Å². The molecule has 0 bridgehead atoms. The second kappa shape index (κ2) is 7.79. The standard InChI is InChI=1S/C19H20F3N3O3/c1-18(2,3)28-17(27)25-15-10-12(19(20,21)22)6-9-14(15)24-16(26)11-4-7-13(23)8-5-11/h4-10H,23H2,1-3H3,(H,24,26)(H,25,27). The molecule has 0 heterocycles. The van der Waals surface area contributed by atoms with E-state index in [1.165, 1.54) is 24.3 Å². The Balaban J connectivity index is 2.32. The number of amides is 2. The van der Waals surface area contributed by atoms with Gasteiger partial charge in [-0.05, 0) is 63.2 Å². The number of carbonyl (C=O) groups excluding carboxylic acids is 2. The van der Waals surface area contributed by atoms with Gasteiger partial charge in [0.1, 0.15) is 5.60 Å². The normalized spacial score (nSPS) is 11.6. The Morgan fingerprint density at radius 3 is 2.07 bits per heavy atom. The lowest BCUT2D eigenvalue weighted by Gasteiger charge is -2.21. The number of alkyl halides is 3. The van der Waals surface area contributed by atoms with Crippen LogP contribution >= 0.6 is 0 Å². The van der Waals surface area contributed by atoms with Gasteiger partial charge in [-0.25, -0.2) is 4.79 Å². The highest BCUT2D eigenvalue weighted by molar-refractivity contribution is 6.07. The van der Waals surface area contributed by atoms with Gasteiger partial charge in [0.2, 0.25) is 0 Å². The lowest BCUT2D eigenvalue weighted by atomic mass is 10.1. The molecule has 0 aliphatic rings. The molecular formula is C19H20F3N3O3. The van der Waals surface area contributed by atoms with Crippen molar-refractivity contribution < 1.29 is 27.5 Å². The molecule has 0 fully saturated rings. The number of halogens is 3. The molecule has 0 radical (unpaired) electrons. The van der Waals surface area contributed by atoms with Crippen LogP contribution in [0.1, 0.15) is 36.7 Å². The fraction of sp³-hybridized carbons (Fsp3) is 0.263.